The third-order valence-corrected chi connectivity index (χ3v) is 6.13. The van der Waals surface area contributed by atoms with Gasteiger partial charge in [-0.3, -0.25) is 14.7 Å². The predicted octanol–water partition coefficient (Wildman–Crippen LogP) is 2.79. The standard InChI is InChI=1S/C21H29N5O2/c1-16(27)25-12-8-19(9-13-25)26-11-3-4-17(15-26)6-7-20-23-21(24-28-20)18-5-2-10-22-14-18/h2,5,10,14,17,19H,3-4,6-9,11-13,15H2,1H3. The first kappa shape index (κ1) is 19.1. The molecule has 0 bridgehead atoms. The maximum atomic E-state index is 11.5. The molecule has 7 heteroatoms. The number of hydrogen-bond acceptors (Lipinski definition) is 6. The molecule has 28 heavy (non-hydrogen) atoms. The van der Waals surface area contributed by atoms with Gasteiger partial charge in [-0.05, 0) is 56.7 Å². The molecule has 0 aliphatic carbocycles. The summed E-state index contributed by atoms with van der Waals surface area (Å²) in [7, 11) is 0. The van der Waals surface area contributed by atoms with Crippen molar-refractivity contribution in [1.29, 1.82) is 0 Å². The Hall–Kier alpha value is -2.28. The van der Waals surface area contributed by atoms with Gasteiger partial charge in [0.2, 0.25) is 17.6 Å². The van der Waals surface area contributed by atoms with Crippen LogP contribution in [-0.4, -0.2) is 63.1 Å². The molecule has 7 nitrogen and oxygen atoms in total. The van der Waals surface area contributed by atoms with E-state index in [1.807, 2.05) is 17.0 Å². The minimum absolute atomic E-state index is 0.209. The summed E-state index contributed by atoms with van der Waals surface area (Å²) in [4.78, 5) is 24.8. The fourth-order valence-electron chi connectivity index (χ4n) is 4.51. The maximum Gasteiger partial charge on any atom is 0.226 e. The van der Waals surface area contributed by atoms with Gasteiger partial charge in [-0.1, -0.05) is 5.16 Å². The molecule has 150 valence electrons. The molecular weight excluding hydrogens is 354 g/mol. The lowest BCUT2D eigenvalue weighted by atomic mass is 9.90. The third kappa shape index (κ3) is 4.58. The summed E-state index contributed by atoms with van der Waals surface area (Å²) in [5, 5.41) is 4.09. The average molecular weight is 383 g/mol. The van der Waals surface area contributed by atoms with Crippen LogP contribution in [0.1, 0.15) is 44.9 Å². The number of amides is 1. The van der Waals surface area contributed by atoms with Crippen molar-refractivity contribution in [3.05, 3.63) is 30.4 Å². The molecular formula is C21H29N5O2. The molecule has 0 spiro atoms. The molecule has 1 amide bonds. The quantitative estimate of drug-likeness (QED) is 0.790. The number of nitrogens with zero attached hydrogens (tertiary/aromatic N) is 5. The number of carbonyl (C=O) groups is 1. The van der Waals surface area contributed by atoms with Crippen LogP contribution in [0.15, 0.2) is 29.0 Å². The summed E-state index contributed by atoms with van der Waals surface area (Å²) in [5.41, 5.74) is 0.887. The average Bonchev–Trinajstić information content (AvgIpc) is 3.22. The van der Waals surface area contributed by atoms with Crippen LogP contribution in [0.5, 0.6) is 0 Å². The van der Waals surface area contributed by atoms with Crippen molar-refractivity contribution < 1.29 is 9.32 Å². The highest BCUT2D eigenvalue weighted by atomic mass is 16.5. The fraction of sp³-hybridized carbons (Fsp3) is 0.619. The van der Waals surface area contributed by atoms with E-state index in [2.05, 4.69) is 20.0 Å². The Morgan fingerprint density at radius 1 is 1.25 bits per heavy atom. The Kier molecular flexibility index (Phi) is 6.00. The molecule has 2 aromatic heterocycles. The number of carbonyl (C=O) groups excluding carboxylic acids is 1. The zero-order valence-electron chi connectivity index (χ0n) is 16.6. The summed E-state index contributed by atoms with van der Waals surface area (Å²) in [6.07, 6.45) is 10.1. The number of aromatic nitrogens is 3. The van der Waals surface area contributed by atoms with E-state index < -0.39 is 0 Å². The summed E-state index contributed by atoms with van der Waals surface area (Å²) in [5.74, 6) is 2.21. The van der Waals surface area contributed by atoms with E-state index in [0.717, 1.165) is 50.9 Å². The van der Waals surface area contributed by atoms with Gasteiger partial charge >= 0.3 is 0 Å². The van der Waals surface area contributed by atoms with E-state index in [0.29, 0.717) is 23.7 Å². The number of piperidine rings is 2. The van der Waals surface area contributed by atoms with Gasteiger partial charge < -0.3 is 9.42 Å². The maximum absolute atomic E-state index is 11.5. The molecule has 1 atom stereocenters. The topological polar surface area (TPSA) is 75.4 Å². The summed E-state index contributed by atoms with van der Waals surface area (Å²) in [6.45, 7) is 5.82. The monoisotopic (exact) mass is 383 g/mol. The first-order valence-corrected chi connectivity index (χ1v) is 10.4. The highest BCUT2D eigenvalue weighted by molar-refractivity contribution is 5.73. The van der Waals surface area contributed by atoms with Gasteiger partial charge in [-0.2, -0.15) is 4.98 Å². The molecule has 1 unspecified atom stereocenters. The first-order valence-electron chi connectivity index (χ1n) is 10.4. The van der Waals surface area contributed by atoms with Crippen LogP contribution in [-0.2, 0) is 11.2 Å². The van der Waals surface area contributed by atoms with Crippen LogP contribution in [0.3, 0.4) is 0 Å². The van der Waals surface area contributed by atoms with E-state index in [4.69, 9.17) is 4.52 Å². The molecule has 2 saturated heterocycles. The highest BCUT2D eigenvalue weighted by Gasteiger charge is 2.29. The highest BCUT2D eigenvalue weighted by Crippen LogP contribution is 2.26. The van der Waals surface area contributed by atoms with Crippen molar-refractivity contribution in [3.8, 4) is 11.4 Å². The van der Waals surface area contributed by atoms with Crippen molar-refractivity contribution in [2.45, 2.75) is 51.5 Å². The molecule has 2 aliphatic rings. The lowest BCUT2D eigenvalue weighted by molar-refractivity contribution is -0.130. The lowest BCUT2D eigenvalue weighted by Crippen LogP contribution is -2.49. The van der Waals surface area contributed by atoms with Crippen molar-refractivity contribution in [1.82, 2.24) is 24.9 Å². The molecule has 4 heterocycles. The first-order chi connectivity index (χ1) is 13.7. The van der Waals surface area contributed by atoms with Gasteiger partial charge in [-0.25, -0.2) is 0 Å². The number of likely N-dealkylation sites (tertiary alicyclic amines) is 2. The summed E-state index contributed by atoms with van der Waals surface area (Å²) >= 11 is 0. The fourth-order valence-corrected chi connectivity index (χ4v) is 4.51. The Bertz CT molecular complexity index is 770. The summed E-state index contributed by atoms with van der Waals surface area (Å²) in [6, 6.07) is 4.44. The Morgan fingerprint density at radius 3 is 2.86 bits per heavy atom. The Labute approximate surface area is 166 Å². The Balaban J connectivity index is 1.27. The van der Waals surface area contributed by atoms with Crippen LogP contribution in [0.2, 0.25) is 0 Å². The third-order valence-electron chi connectivity index (χ3n) is 6.13. The molecule has 2 fully saturated rings. The van der Waals surface area contributed by atoms with Crippen molar-refractivity contribution in [2.75, 3.05) is 26.2 Å². The van der Waals surface area contributed by atoms with E-state index in [1.54, 1.807) is 19.3 Å². The molecule has 2 aromatic rings. The normalized spacial score (nSPS) is 21.8. The van der Waals surface area contributed by atoms with Crippen LogP contribution >= 0.6 is 0 Å². The molecule has 4 rings (SSSR count). The zero-order chi connectivity index (χ0) is 19.3. The van der Waals surface area contributed by atoms with E-state index in [-0.39, 0.29) is 5.91 Å². The van der Waals surface area contributed by atoms with E-state index >= 15 is 0 Å². The number of rotatable bonds is 5. The van der Waals surface area contributed by atoms with Gasteiger partial charge in [0, 0.05) is 57.0 Å². The molecule has 0 N–H and O–H groups in total. The number of hydrogen-bond donors (Lipinski definition) is 0. The van der Waals surface area contributed by atoms with Gasteiger partial charge in [0.25, 0.3) is 0 Å². The van der Waals surface area contributed by atoms with Crippen molar-refractivity contribution in [3.63, 3.8) is 0 Å². The van der Waals surface area contributed by atoms with Gasteiger partial charge in [-0.15, -0.1) is 0 Å². The smallest absolute Gasteiger partial charge is 0.226 e. The minimum atomic E-state index is 0.209. The van der Waals surface area contributed by atoms with Gasteiger partial charge in [0.1, 0.15) is 0 Å². The minimum Gasteiger partial charge on any atom is -0.343 e. The largest absolute Gasteiger partial charge is 0.343 e. The van der Waals surface area contributed by atoms with Gasteiger partial charge in [0.15, 0.2) is 0 Å². The van der Waals surface area contributed by atoms with Crippen LogP contribution in [0.25, 0.3) is 11.4 Å². The van der Waals surface area contributed by atoms with E-state index in [9.17, 15) is 4.79 Å². The van der Waals surface area contributed by atoms with Crippen LogP contribution < -0.4 is 0 Å². The number of pyridine rings is 1. The molecule has 0 saturated carbocycles. The lowest BCUT2D eigenvalue weighted by Gasteiger charge is -2.42. The molecule has 0 radical (unpaired) electrons. The van der Waals surface area contributed by atoms with Crippen LogP contribution in [0, 0.1) is 5.92 Å². The molecule has 0 aromatic carbocycles. The summed E-state index contributed by atoms with van der Waals surface area (Å²) < 4.78 is 5.45. The SMILES string of the molecule is CC(=O)N1CCC(N2CCCC(CCc3nc(-c4cccnc4)no3)C2)CC1. The van der Waals surface area contributed by atoms with E-state index in [1.165, 1.54) is 19.4 Å². The number of aryl methyl sites for hydroxylation is 1. The zero-order valence-corrected chi connectivity index (χ0v) is 16.6. The second-order valence-corrected chi connectivity index (χ2v) is 8.03. The molecule has 2 aliphatic heterocycles. The van der Waals surface area contributed by atoms with Crippen LogP contribution in [0.4, 0.5) is 0 Å². The van der Waals surface area contributed by atoms with Crippen molar-refractivity contribution >= 4 is 5.91 Å². The second-order valence-electron chi connectivity index (χ2n) is 8.03. The predicted molar refractivity (Wildman–Crippen MR) is 105 cm³/mol. The van der Waals surface area contributed by atoms with Gasteiger partial charge in [0.05, 0.1) is 0 Å². The van der Waals surface area contributed by atoms with Crippen molar-refractivity contribution in [2.24, 2.45) is 5.92 Å². The second kappa shape index (κ2) is 8.82. The Morgan fingerprint density at radius 2 is 2.11 bits per heavy atom.